The zero-order valence-electron chi connectivity index (χ0n) is 8.05. The third kappa shape index (κ3) is 3.77. The van der Waals surface area contributed by atoms with E-state index in [9.17, 15) is 0 Å². The number of hydrogen-bond donors (Lipinski definition) is 0. The minimum absolute atomic E-state index is 0.533. The van der Waals surface area contributed by atoms with Gasteiger partial charge in [0.15, 0.2) is 0 Å². The first kappa shape index (κ1) is 10.3. The van der Waals surface area contributed by atoms with Crippen LogP contribution in [0.4, 0.5) is 0 Å². The SMILES string of the molecule is CC(C)C(CCl)COCC1CC1. The van der Waals surface area contributed by atoms with Gasteiger partial charge in [0.25, 0.3) is 0 Å². The summed E-state index contributed by atoms with van der Waals surface area (Å²) in [5, 5.41) is 0. The van der Waals surface area contributed by atoms with Crippen LogP contribution in [-0.2, 0) is 4.74 Å². The maximum absolute atomic E-state index is 5.81. The number of halogens is 1. The van der Waals surface area contributed by atoms with E-state index in [4.69, 9.17) is 16.3 Å². The Morgan fingerprint density at radius 2 is 2.08 bits per heavy atom. The van der Waals surface area contributed by atoms with Gasteiger partial charge in [-0.25, -0.2) is 0 Å². The Bertz CT molecular complexity index is 121. The Labute approximate surface area is 80.4 Å². The summed E-state index contributed by atoms with van der Waals surface area (Å²) in [7, 11) is 0. The van der Waals surface area contributed by atoms with Gasteiger partial charge >= 0.3 is 0 Å². The molecule has 0 aromatic carbocycles. The molecular weight excluding hydrogens is 172 g/mol. The van der Waals surface area contributed by atoms with Crippen LogP contribution in [0.3, 0.4) is 0 Å². The van der Waals surface area contributed by atoms with E-state index in [-0.39, 0.29) is 0 Å². The molecule has 1 nitrogen and oxygen atoms in total. The first-order chi connectivity index (χ1) is 5.74. The summed E-state index contributed by atoms with van der Waals surface area (Å²) in [5.74, 6) is 2.77. The Hall–Kier alpha value is 0.250. The second-order valence-corrected chi connectivity index (χ2v) is 4.45. The normalized spacial score (nSPS) is 20.0. The van der Waals surface area contributed by atoms with Crippen molar-refractivity contribution in [2.24, 2.45) is 17.8 Å². The van der Waals surface area contributed by atoms with E-state index in [0.717, 1.165) is 25.0 Å². The van der Waals surface area contributed by atoms with Gasteiger partial charge in [-0.3, -0.25) is 0 Å². The summed E-state index contributed by atoms with van der Waals surface area (Å²) in [5.41, 5.74) is 0. The summed E-state index contributed by atoms with van der Waals surface area (Å²) in [6, 6.07) is 0. The van der Waals surface area contributed by atoms with Crippen molar-refractivity contribution in [3.63, 3.8) is 0 Å². The molecule has 72 valence electrons. The van der Waals surface area contributed by atoms with Crippen molar-refractivity contribution in [3.05, 3.63) is 0 Å². The van der Waals surface area contributed by atoms with Gasteiger partial charge in [-0.2, -0.15) is 0 Å². The Balaban J connectivity index is 2.01. The molecule has 1 rings (SSSR count). The third-order valence-electron chi connectivity index (χ3n) is 2.52. The van der Waals surface area contributed by atoms with Crippen LogP contribution in [0.25, 0.3) is 0 Å². The standard InChI is InChI=1S/C10H19ClO/c1-8(2)10(5-11)7-12-6-9-3-4-9/h8-10H,3-7H2,1-2H3. The van der Waals surface area contributed by atoms with Crippen LogP contribution < -0.4 is 0 Å². The summed E-state index contributed by atoms with van der Waals surface area (Å²) < 4.78 is 5.59. The topological polar surface area (TPSA) is 9.23 Å². The van der Waals surface area contributed by atoms with Crippen molar-refractivity contribution in [3.8, 4) is 0 Å². The molecule has 0 aromatic rings. The summed E-state index contributed by atoms with van der Waals surface area (Å²) >= 11 is 5.81. The molecule has 0 N–H and O–H groups in total. The van der Waals surface area contributed by atoms with Crippen LogP contribution in [0.5, 0.6) is 0 Å². The molecule has 0 radical (unpaired) electrons. The zero-order chi connectivity index (χ0) is 8.97. The van der Waals surface area contributed by atoms with Crippen molar-refractivity contribution in [2.45, 2.75) is 26.7 Å². The van der Waals surface area contributed by atoms with Gasteiger partial charge in [0.2, 0.25) is 0 Å². The molecule has 0 saturated heterocycles. The number of alkyl halides is 1. The van der Waals surface area contributed by atoms with E-state index in [1.54, 1.807) is 0 Å². The lowest BCUT2D eigenvalue weighted by Crippen LogP contribution is -2.18. The maximum Gasteiger partial charge on any atom is 0.0508 e. The highest BCUT2D eigenvalue weighted by molar-refractivity contribution is 6.18. The molecule has 12 heavy (non-hydrogen) atoms. The Morgan fingerprint density at radius 1 is 1.42 bits per heavy atom. The van der Waals surface area contributed by atoms with Gasteiger partial charge in [0.05, 0.1) is 6.61 Å². The molecule has 0 aromatic heterocycles. The van der Waals surface area contributed by atoms with E-state index in [2.05, 4.69) is 13.8 Å². The molecule has 1 atom stereocenters. The predicted molar refractivity (Wildman–Crippen MR) is 52.6 cm³/mol. The summed E-state index contributed by atoms with van der Waals surface area (Å²) in [6.45, 7) is 6.21. The molecule has 0 bridgehead atoms. The number of rotatable bonds is 6. The van der Waals surface area contributed by atoms with Crippen LogP contribution in [0.2, 0.25) is 0 Å². The quantitative estimate of drug-likeness (QED) is 0.586. The maximum atomic E-state index is 5.81. The minimum atomic E-state index is 0.533. The van der Waals surface area contributed by atoms with Crippen molar-refractivity contribution < 1.29 is 4.74 Å². The van der Waals surface area contributed by atoms with Crippen LogP contribution >= 0.6 is 11.6 Å². The second kappa shape index (κ2) is 5.08. The lowest BCUT2D eigenvalue weighted by molar-refractivity contribution is 0.0834. The molecule has 0 heterocycles. The molecule has 1 saturated carbocycles. The monoisotopic (exact) mass is 190 g/mol. The van der Waals surface area contributed by atoms with Crippen molar-refractivity contribution in [2.75, 3.05) is 19.1 Å². The van der Waals surface area contributed by atoms with Crippen molar-refractivity contribution >= 4 is 11.6 Å². The molecule has 1 unspecified atom stereocenters. The van der Waals surface area contributed by atoms with E-state index in [0.29, 0.717) is 11.8 Å². The summed E-state index contributed by atoms with van der Waals surface area (Å²) in [6.07, 6.45) is 2.74. The molecule has 0 amide bonds. The van der Waals surface area contributed by atoms with Crippen LogP contribution in [0.1, 0.15) is 26.7 Å². The van der Waals surface area contributed by atoms with Gasteiger partial charge in [0.1, 0.15) is 0 Å². The van der Waals surface area contributed by atoms with Gasteiger partial charge in [-0.1, -0.05) is 13.8 Å². The fraction of sp³-hybridized carbons (Fsp3) is 1.00. The van der Waals surface area contributed by atoms with Gasteiger partial charge in [0, 0.05) is 12.5 Å². The molecule has 1 aliphatic carbocycles. The van der Waals surface area contributed by atoms with E-state index in [1.807, 2.05) is 0 Å². The van der Waals surface area contributed by atoms with Gasteiger partial charge < -0.3 is 4.74 Å². The molecule has 2 heteroatoms. The van der Waals surface area contributed by atoms with Crippen molar-refractivity contribution in [1.29, 1.82) is 0 Å². The largest absolute Gasteiger partial charge is 0.381 e. The van der Waals surface area contributed by atoms with E-state index in [1.165, 1.54) is 12.8 Å². The molecule has 1 fully saturated rings. The average Bonchev–Trinajstić information content (AvgIpc) is 2.80. The highest BCUT2D eigenvalue weighted by Crippen LogP contribution is 2.29. The molecule has 1 aliphatic rings. The smallest absolute Gasteiger partial charge is 0.0508 e. The van der Waals surface area contributed by atoms with Gasteiger partial charge in [-0.15, -0.1) is 11.6 Å². The number of ether oxygens (including phenoxy) is 1. The van der Waals surface area contributed by atoms with E-state index >= 15 is 0 Å². The third-order valence-corrected chi connectivity index (χ3v) is 2.92. The average molecular weight is 191 g/mol. The van der Waals surface area contributed by atoms with Crippen molar-refractivity contribution in [1.82, 2.24) is 0 Å². The lowest BCUT2D eigenvalue weighted by atomic mass is 9.99. The fourth-order valence-corrected chi connectivity index (χ4v) is 1.53. The highest BCUT2D eigenvalue weighted by atomic mass is 35.5. The first-order valence-electron chi connectivity index (χ1n) is 4.87. The Kier molecular flexibility index (Phi) is 4.38. The molecule has 0 aliphatic heterocycles. The zero-order valence-corrected chi connectivity index (χ0v) is 8.81. The Morgan fingerprint density at radius 3 is 2.50 bits per heavy atom. The fourth-order valence-electron chi connectivity index (χ4n) is 1.09. The highest BCUT2D eigenvalue weighted by Gasteiger charge is 2.22. The molecular formula is C10H19ClO. The lowest BCUT2D eigenvalue weighted by Gasteiger charge is -2.17. The van der Waals surface area contributed by atoms with Crippen LogP contribution in [0, 0.1) is 17.8 Å². The number of hydrogen-bond acceptors (Lipinski definition) is 1. The summed E-state index contributed by atoms with van der Waals surface area (Å²) in [4.78, 5) is 0. The predicted octanol–water partition coefficient (Wildman–Crippen LogP) is 2.92. The van der Waals surface area contributed by atoms with Crippen LogP contribution in [-0.4, -0.2) is 19.1 Å². The molecule has 0 spiro atoms. The second-order valence-electron chi connectivity index (χ2n) is 4.14. The first-order valence-corrected chi connectivity index (χ1v) is 5.41. The van der Waals surface area contributed by atoms with E-state index < -0.39 is 0 Å². The van der Waals surface area contributed by atoms with Gasteiger partial charge in [-0.05, 0) is 30.6 Å². The van der Waals surface area contributed by atoms with Crippen LogP contribution in [0.15, 0.2) is 0 Å². The minimum Gasteiger partial charge on any atom is -0.381 e.